The first-order chi connectivity index (χ1) is 19.3. The number of nitrogens with one attached hydrogen (secondary N) is 1. The topological polar surface area (TPSA) is 142 Å². The summed E-state index contributed by atoms with van der Waals surface area (Å²) >= 11 is 12.5. The van der Waals surface area contributed by atoms with Crippen molar-refractivity contribution in [3.05, 3.63) is 34.2 Å². The molecule has 3 aromatic heterocycles. The lowest BCUT2D eigenvalue weighted by molar-refractivity contribution is 0.0435. The van der Waals surface area contributed by atoms with Gasteiger partial charge in [-0.05, 0) is 45.2 Å². The molecular weight excluding hydrogens is 555 g/mol. The minimum absolute atomic E-state index is 0.0969. The molecule has 5 rings (SSSR count). The summed E-state index contributed by atoms with van der Waals surface area (Å²) < 4.78 is 5.59. The number of carbonyl (C=O) groups is 1. The number of nitrogen functional groups attached to an aromatic ring is 1. The van der Waals surface area contributed by atoms with Gasteiger partial charge in [-0.15, -0.1) is 5.10 Å². The van der Waals surface area contributed by atoms with Crippen LogP contribution >= 0.6 is 23.2 Å². The number of amides is 1. The predicted octanol–water partition coefficient (Wildman–Crippen LogP) is 3.84. The van der Waals surface area contributed by atoms with Crippen LogP contribution in [0.15, 0.2) is 22.7 Å². The number of hydrogen-bond acceptors (Lipinski definition) is 11. The van der Waals surface area contributed by atoms with Gasteiger partial charge in [0.05, 0.1) is 11.8 Å². The van der Waals surface area contributed by atoms with Gasteiger partial charge in [0.2, 0.25) is 0 Å². The number of aromatic nitrogens is 5. The number of halogens is 2. The van der Waals surface area contributed by atoms with Crippen LogP contribution in [0.25, 0.3) is 11.6 Å². The fraction of sp³-hybridized carbons (Fsp3) is 0.538. The van der Waals surface area contributed by atoms with E-state index in [0.29, 0.717) is 60.0 Å². The summed E-state index contributed by atoms with van der Waals surface area (Å²) in [5, 5.41) is 11.5. The van der Waals surface area contributed by atoms with Gasteiger partial charge in [0.1, 0.15) is 16.7 Å². The van der Waals surface area contributed by atoms with E-state index in [0.717, 1.165) is 32.4 Å². The second-order valence-corrected chi connectivity index (χ2v) is 10.9. The molecule has 3 aromatic rings. The first-order valence-corrected chi connectivity index (χ1v) is 14.4. The van der Waals surface area contributed by atoms with Crippen LogP contribution in [0.4, 0.5) is 17.7 Å². The molecule has 2 fully saturated rings. The average Bonchev–Trinajstić information content (AvgIpc) is 3.42. The zero-order valence-corrected chi connectivity index (χ0v) is 24.4. The standard InChI is InChI=1S/C26H34Cl2N10O2/c1-4-16-14-37(23-21(28)32-19(12-31-23)24-34-35-26(40-24)30-5-2)15(3)13-38(16)17-8-10-36(11-9-17)25(39)18-6-7-20(27)33-22(18)29/h6-7,12,15-17H,4-5,8-11,13-14H2,1-3H3,(H2,29,33)(H,30,35)/t15-,16+/m1/s1. The van der Waals surface area contributed by atoms with Crippen molar-refractivity contribution in [3.63, 3.8) is 0 Å². The van der Waals surface area contributed by atoms with E-state index in [-0.39, 0.29) is 28.8 Å². The van der Waals surface area contributed by atoms with E-state index >= 15 is 0 Å². The fourth-order valence-electron chi connectivity index (χ4n) is 5.58. The second-order valence-electron chi connectivity index (χ2n) is 10.2. The number of hydrogen-bond donors (Lipinski definition) is 2. The Morgan fingerprint density at radius 3 is 2.60 bits per heavy atom. The van der Waals surface area contributed by atoms with E-state index in [2.05, 4.69) is 54.1 Å². The van der Waals surface area contributed by atoms with Crippen LogP contribution in [0.1, 0.15) is 50.4 Å². The fourth-order valence-corrected chi connectivity index (χ4v) is 5.98. The van der Waals surface area contributed by atoms with Crippen molar-refractivity contribution in [3.8, 4) is 11.6 Å². The summed E-state index contributed by atoms with van der Waals surface area (Å²) in [6.45, 7) is 9.98. The number of likely N-dealkylation sites (tertiary alicyclic amines) is 1. The minimum Gasteiger partial charge on any atom is -0.402 e. The number of nitrogens with zero attached hydrogens (tertiary/aromatic N) is 8. The highest BCUT2D eigenvalue weighted by Crippen LogP contribution is 2.32. The maximum atomic E-state index is 13.1. The molecule has 12 nitrogen and oxygen atoms in total. The molecule has 1 amide bonds. The molecule has 0 unspecified atom stereocenters. The molecule has 14 heteroatoms. The molecule has 5 heterocycles. The van der Waals surface area contributed by atoms with Crippen molar-refractivity contribution >= 4 is 46.8 Å². The lowest BCUT2D eigenvalue weighted by Crippen LogP contribution is -2.62. The first kappa shape index (κ1) is 28.3. The Balaban J connectivity index is 1.23. The van der Waals surface area contributed by atoms with Crippen molar-refractivity contribution in [1.29, 1.82) is 0 Å². The van der Waals surface area contributed by atoms with E-state index in [1.54, 1.807) is 18.3 Å². The molecule has 0 bridgehead atoms. The summed E-state index contributed by atoms with van der Waals surface area (Å²) in [5.41, 5.74) is 6.79. The number of carbonyl (C=O) groups excluding carboxylic acids is 1. The largest absolute Gasteiger partial charge is 0.402 e. The number of piperidine rings is 1. The molecule has 2 atom stereocenters. The van der Waals surface area contributed by atoms with Gasteiger partial charge in [-0.1, -0.05) is 35.2 Å². The smallest absolute Gasteiger partial charge is 0.315 e. The summed E-state index contributed by atoms with van der Waals surface area (Å²) in [4.78, 5) is 32.9. The monoisotopic (exact) mass is 588 g/mol. The Labute approximate surface area is 243 Å². The molecule has 2 aliphatic heterocycles. The van der Waals surface area contributed by atoms with Gasteiger partial charge in [0, 0.05) is 50.8 Å². The number of anilines is 3. The van der Waals surface area contributed by atoms with Crippen LogP contribution in [0.5, 0.6) is 0 Å². The van der Waals surface area contributed by atoms with Crippen molar-refractivity contribution in [2.24, 2.45) is 0 Å². The minimum atomic E-state index is -0.0969. The predicted molar refractivity (Wildman–Crippen MR) is 155 cm³/mol. The van der Waals surface area contributed by atoms with Crippen LogP contribution in [0.2, 0.25) is 10.3 Å². The summed E-state index contributed by atoms with van der Waals surface area (Å²) in [6, 6.07) is 4.44. The van der Waals surface area contributed by atoms with E-state index in [1.165, 1.54) is 0 Å². The molecule has 214 valence electrons. The van der Waals surface area contributed by atoms with Gasteiger partial charge in [-0.2, -0.15) is 0 Å². The summed E-state index contributed by atoms with van der Waals surface area (Å²) in [7, 11) is 0. The second kappa shape index (κ2) is 12.1. The molecule has 0 aliphatic carbocycles. The molecule has 0 spiro atoms. The van der Waals surface area contributed by atoms with E-state index in [4.69, 9.17) is 33.4 Å². The van der Waals surface area contributed by atoms with Gasteiger partial charge in [0.15, 0.2) is 11.0 Å². The van der Waals surface area contributed by atoms with Gasteiger partial charge in [-0.3, -0.25) is 9.69 Å². The van der Waals surface area contributed by atoms with Crippen LogP contribution in [0, 0.1) is 0 Å². The molecule has 2 aliphatic rings. The van der Waals surface area contributed by atoms with Crippen LogP contribution < -0.4 is 16.0 Å². The van der Waals surface area contributed by atoms with Crippen molar-refractivity contribution < 1.29 is 9.21 Å². The quantitative estimate of drug-likeness (QED) is 0.388. The Hall–Kier alpha value is -3.22. The number of piperazine rings is 1. The summed E-state index contributed by atoms with van der Waals surface area (Å²) in [5.74, 6) is 0.985. The number of rotatable bonds is 7. The first-order valence-electron chi connectivity index (χ1n) is 13.6. The molecule has 40 heavy (non-hydrogen) atoms. The number of pyridine rings is 1. The van der Waals surface area contributed by atoms with E-state index in [1.807, 2.05) is 11.8 Å². The third kappa shape index (κ3) is 5.79. The van der Waals surface area contributed by atoms with Crippen molar-refractivity contribution in [2.75, 3.05) is 48.7 Å². The zero-order valence-electron chi connectivity index (χ0n) is 22.8. The van der Waals surface area contributed by atoms with E-state index in [9.17, 15) is 4.79 Å². The molecule has 0 aromatic carbocycles. The molecule has 3 N–H and O–H groups in total. The van der Waals surface area contributed by atoms with Crippen LogP contribution in [-0.4, -0.2) is 91.7 Å². The maximum absolute atomic E-state index is 13.1. The average molecular weight is 590 g/mol. The van der Waals surface area contributed by atoms with E-state index < -0.39 is 0 Å². The molecule has 0 radical (unpaired) electrons. The Bertz CT molecular complexity index is 1350. The highest BCUT2D eigenvalue weighted by Gasteiger charge is 2.38. The zero-order chi connectivity index (χ0) is 28.4. The van der Waals surface area contributed by atoms with Crippen LogP contribution in [0.3, 0.4) is 0 Å². The highest BCUT2D eigenvalue weighted by molar-refractivity contribution is 6.31. The molecule has 2 saturated heterocycles. The van der Waals surface area contributed by atoms with Crippen molar-refractivity contribution in [1.82, 2.24) is 34.9 Å². The number of nitrogens with two attached hydrogens (primary N) is 1. The van der Waals surface area contributed by atoms with Gasteiger partial charge in [-0.25, -0.2) is 15.0 Å². The SMILES string of the molecule is CCNc1nnc(-c2cnc(N3C[C@H](CC)N(C4CCN(C(=O)c5ccc(Cl)nc5N)CC4)C[C@H]3C)c(Cl)n2)o1. The Kier molecular flexibility index (Phi) is 8.57. The Morgan fingerprint density at radius 1 is 1.15 bits per heavy atom. The van der Waals surface area contributed by atoms with Crippen molar-refractivity contribution in [2.45, 2.75) is 58.2 Å². The summed E-state index contributed by atoms with van der Waals surface area (Å²) in [6.07, 6.45) is 4.39. The lowest BCUT2D eigenvalue weighted by Gasteiger charge is -2.50. The van der Waals surface area contributed by atoms with Crippen LogP contribution in [-0.2, 0) is 0 Å². The highest BCUT2D eigenvalue weighted by atomic mass is 35.5. The third-order valence-corrected chi connectivity index (χ3v) is 8.12. The Morgan fingerprint density at radius 2 is 1.93 bits per heavy atom. The lowest BCUT2D eigenvalue weighted by atomic mass is 9.96. The normalized spacial score (nSPS) is 20.6. The van der Waals surface area contributed by atoms with Gasteiger partial charge < -0.3 is 25.3 Å². The third-order valence-electron chi connectivity index (χ3n) is 7.65. The molecule has 0 saturated carbocycles. The molecular formula is C26H34Cl2N10O2. The van der Waals surface area contributed by atoms with Gasteiger partial charge in [0.25, 0.3) is 11.8 Å². The van der Waals surface area contributed by atoms with Gasteiger partial charge >= 0.3 is 6.01 Å². The maximum Gasteiger partial charge on any atom is 0.315 e.